The third kappa shape index (κ3) is 4.27. The molecule has 1 atom stereocenters. The predicted molar refractivity (Wildman–Crippen MR) is 98.3 cm³/mol. The van der Waals surface area contributed by atoms with E-state index < -0.39 is 6.09 Å². The van der Waals surface area contributed by atoms with Gasteiger partial charge < -0.3 is 25.0 Å². The second-order valence-electron chi connectivity index (χ2n) is 6.96. The van der Waals surface area contributed by atoms with Gasteiger partial charge in [0, 0.05) is 51.5 Å². The summed E-state index contributed by atoms with van der Waals surface area (Å²) in [5, 5.41) is 12.8. The fourth-order valence-electron chi connectivity index (χ4n) is 3.73. The number of likely N-dealkylation sites (tertiary alicyclic amines) is 1. The maximum Gasteiger partial charge on any atom is 0.407 e. The number of ether oxygens (including phenoxy) is 1. The average Bonchev–Trinajstić information content (AvgIpc) is 3.10. The van der Waals surface area contributed by atoms with Gasteiger partial charge in [-0.25, -0.2) is 4.79 Å². The molecule has 1 aromatic carbocycles. The van der Waals surface area contributed by atoms with E-state index in [-0.39, 0.29) is 11.9 Å². The van der Waals surface area contributed by atoms with Crippen LogP contribution in [0.3, 0.4) is 0 Å². The van der Waals surface area contributed by atoms with Crippen molar-refractivity contribution >= 4 is 17.7 Å². The maximum atomic E-state index is 12.2. The van der Waals surface area contributed by atoms with Gasteiger partial charge in [-0.3, -0.25) is 4.79 Å². The second-order valence-corrected chi connectivity index (χ2v) is 6.96. The molecule has 0 radical (unpaired) electrons. The lowest BCUT2D eigenvalue weighted by molar-refractivity contribution is -0.130. The van der Waals surface area contributed by atoms with Crippen LogP contribution in [-0.2, 0) is 22.5 Å². The Morgan fingerprint density at radius 2 is 2.15 bits per heavy atom. The van der Waals surface area contributed by atoms with E-state index in [0.29, 0.717) is 32.7 Å². The molecule has 2 aliphatic heterocycles. The molecule has 1 fully saturated rings. The zero-order chi connectivity index (χ0) is 18.5. The van der Waals surface area contributed by atoms with Crippen molar-refractivity contribution in [3.05, 3.63) is 29.3 Å². The van der Waals surface area contributed by atoms with E-state index in [2.05, 4.69) is 11.4 Å². The Hall–Kier alpha value is -2.28. The highest BCUT2D eigenvalue weighted by Crippen LogP contribution is 2.28. The van der Waals surface area contributed by atoms with Crippen molar-refractivity contribution in [2.24, 2.45) is 0 Å². The fourth-order valence-corrected chi connectivity index (χ4v) is 3.73. The first-order valence-corrected chi connectivity index (χ1v) is 9.20. The average molecular weight is 361 g/mol. The molecule has 142 valence electrons. The third-order valence-corrected chi connectivity index (χ3v) is 5.18. The Balaban J connectivity index is 1.60. The first-order chi connectivity index (χ1) is 12.6. The zero-order valence-electron chi connectivity index (χ0n) is 15.2. The molecule has 1 saturated heterocycles. The van der Waals surface area contributed by atoms with Crippen LogP contribution in [0, 0.1) is 0 Å². The van der Waals surface area contributed by atoms with E-state index in [9.17, 15) is 14.7 Å². The van der Waals surface area contributed by atoms with Crippen molar-refractivity contribution in [1.82, 2.24) is 9.80 Å². The van der Waals surface area contributed by atoms with E-state index in [1.54, 1.807) is 7.11 Å². The van der Waals surface area contributed by atoms with Gasteiger partial charge >= 0.3 is 6.09 Å². The summed E-state index contributed by atoms with van der Waals surface area (Å²) in [6.45, 7) is 3.02. The molecule has 0 spiro atoms. The van der Waals surface area contributed by atoms with Gasteiger partial charge in [0.15, 0.2) is 0 Å². The lowest BCUT2D eigenvalue weighted by Gasteiger charge is -2.29. The van der Waals surface area contributed by atoms with Gasteiger partial charge in [0.1, 0.15) is 0 Å². The number of hydrogen-bond acceptors (Lipinski definition) is 4. The van der Waals surface area contributed by atoms with Crippen molar-refractivity contribution in [3.63, 3.8) is 0 Å². The maximum absolute atomic E-state index is 12.2. The van der Waals surface area contributed by atoms with Gasteiger partial charge in [0.05, 0.1) is 6.54 Å². The van der Waals surface area contributed by atoms with Gasteiger partial charge in [-0.2, -0.15) is 0 Å². The summed E-state index contributed by atoms with van der Waals surface area (Å²) < 4.78 is 5.00. The van der Waals surface area contributed by atoms with Crippen molar-refractivity contribution in [1.29, 1.82) is 0 Å². The molecule has 26 heavy (non-hydrogen) atoms. The smallest absolute Gasteiger partial charge is 0.407 e. The monoisotopic (exact) mass is 361 g/mol. The predicted octanol–water partition coefficient (Wildman–Crippen LogP) is 2.16. The number of benzene rings is 1. The van der Waals surface area contributed by atoms with Gasteiger partial charge in [-0.05, 0) is 36.5 Å². The van der Waals surface area contributed by atoms with Crippen LogP contribution in [0.4, 0.5) is 10.5 Å². The van der Waals surface area contributed by atoms with E-state index >= 15 is 0 Å². The van der Waals surface area contributed by atoms with E-state index in [4.69, 9.17) is 4.74 Å². The first kappa shape index (κ1) is 18.5. The van der Waals surface area contributed by atoms with E-state index in [1.807, 2.05) is 17.0 Å². The Bertz CT molecular complexity index is 664. The Kier molecular flexibility index (Phi) is 5.98. The highest BCUT2D eigenvalue weighted by atomic mass is 16.5. The Labute approximate surface area is 153 Å². The van der Waals surface area contributed by atoms with Crippen LogP contribution < -0.4 is 5.32 Å². The minimum atomic E-state index is -0.876. The molecular weight excluding hydrogens is 334 g/mol. The van der Waals surface area contributed by atoms with Crippen LogP contribution in [0.5, 0.6) is 0 Å². The molecule has 2 aliphatic rings. The van der Waals surface area contributed by atoms with Crippen LogP contribution in [0.1, 0.15) is 30.4 Å². The van der Waals surface area contributed by atoms with Gasteiger partial charge in [-0.1, -0.05) is 12.1 Å². The SMILES string of the molecule is COCCCC(=O)N1CCC(Nc2cccc3c2CN(C(=O)O)CC3)C1. The molecule has 0 saturated carbocycles. The number of rotatable bonds is 6. The van der Waals surface area contributed by atoms with Crippen LogP contribution in [0.2, 0.25) is 0 Å². The van der Waals surface area contributed by atoms with E-state index in [0.717, 1.165) is 37.1 Å². The minimum Gasteiger partial charge on any atom is -0.465 e. The molecule has 1 aromatic rings. The van der Waals surface area contributed by atoms with Crippen molar-refractivity contribution in [2.75, 3.05) is 38.7 Å². The summed E-state index contributed by atoms with van der Waals surface area (Å²) in [7, 11) is 1.65. The number of carboxylic acid groups (broad SMARTS) is 1. The molecule has 0 aromatic heterocycles. The molecule has 2 N–H and O–H groups in total. The summed E-state index contributed by atoms with van der Waals surface area (Å²) >= 11 is 0. The minimum absolute atomic E-state index is 0.179. The molecule has 7 nitrogen and oxygen atoms in total. The van der Waals surface area contributed by atoms with Crippen LogP contribution in [0.15, 0.2) is 18.2 Å². The number of hydrogen-bond donors (Lipinski definition) is 2. The largest absolute Gasteiger partial charge is 0.465 e. The highest BCUT2D eigenvalue weighted by Gasteiger charge is 2.28. The molecular formula is C19H27N3O4. The van der Waals surface area contributed by atoms with Crippen molar-refractivity contribution < 1.29 is 19.4 Å². The molecule has 2 amide bonds. The van der Waals surface area contributed by atoms with E-state index in [1.165, 1.54) is 10.5 Å². The number of nitrogens with one attached hydrogen (secondary N) is 1. The number of carbonyl (C=O) groups is 2. The fraction of sp³-hybridized carbons (Fsp3) is 0.579. The van der Waals surface area contributed by atoms with Crippen molar-refractivity contribution in [3.8, 4) is 0 Å². The Morgan fingerprint density at radius 3 is 2.92 bits per heavy atom. The summed E-state index contributed by atoms with van der Waals surface area (Å²) in [6, 6.07) is 6.29. The standard InChI is InChI=1S/C19H27N3O4/c1-26-11-3-6-18(23)21-10-8-15(12-21)20-17-5-2-4-14-7-9-22(19(24)25)13-16(14)17/h2,4-5,15,20H,3,6-13H2,1H3,(H,24,25). The number of carbonyl (C=O) groups excluding carboxylic acids is 1. The number of nitrogens with zero attached hydrogens (tertiary/aromatic N) is 2. The van der Waals surface area contributed by atoms with Gasteiger partial charge in [-0.15, -0.1) is 0 Å². The lowest BCUT2D eigenvalue weighted by Crippen LogP contribution is -2.36. The normalized spacial score (nSPS) is 19.3. The number of fused-ring (bicyclic) bond motifs is 1. The molecule has 1 unspecified atom stereocenters. The van der Waals surface area contributed by atoms with Crippen LogP contribution >= 0.6 is 0 Å². The summed E-state index contributed by atoms with van der Waals surface area (Å²) in [5.74, 6) is 0.179. The highest BCUT2D eigenvalue weighted by molar-refractivity contribution is 5.76. The van der Waals surface area contributed by atoms with Crippen molar-refractivity contribution in [2.45, 2.75) is 38.3 Å². The molecule has 0 bridgehead atoms. The Morgan fingerprint density at radius 1 is 1.31 bits per heavy atom. The summed E-state index contributed by atoms with van der Waals surface area (Å²) in [5.41, 5.74) is 3.26. The van der Waals surface area contributed by atoms with Gasteiger partial charge in [0.2, 0.25) is 5.91 Å². The topological polar surface area (TPSA) is 82.1 Å². The molecule has 3 rings (SSSR count). The third-order valence-electron chi connectivity index (χ3n) is 5.18. The molecule has 2 heterocycles. The number of amides is 2. The summed E-state index contributed by atoms with van der Waals surface area (Å²) in [4.78, 5) is 26.9. The van der Waals surface area contributed by atoms with Crippen LogP contribution in [0.25, 0.3) is 0 Å². The lowest BCUT2D eigenvalue weighted by atomic mass is 9.97. The first-order valence-electron chi connectivity index (χ1n) is 9.20. The van der Waals surface area contributed by atoms with Gasteiger partial charge in [0.25, 0.3) is 0 Å². The number of methoxy groups -OCH3 is 1. The van der Waals surface area contributed by atoms with Crippen LogP contribution in [-0.4, -0.2) is 66.3 Å². The second kappa shape index (κ2) is 8.40. The summed E-state index contributed by atoms with van der Waals surface area (Å²) in [6.07, 6.45) is 2.05. The molecule has 0 aliphatic carbocycles. The zero-order valence-corrected chi connectivity index (χ0v) is 15.2. The quantitative estimate of drug-likeness (QED) is 0.759. The molecule has 7 heteroatoms. The number of anilines is 1.